The molecule has 0 bridgehead atoms. The van der Waals surface area contributed by atoms with E-state index >= 15 is 0 Å². The molecule has 2 N–H and O–H groups in total. The van der Waals surface area contributed by atoms with Gasteiger partial charge in [0.25, 0.3) is 0 Å². The van der Waals surface area contributed by atoms with Crippen LogP contribution < -0.4 is 5.73 Å². The lowest BCUT2D eigenvalue weighted by molar-refractivity contribution is 1.25. The molecule has 94 valence electrons. The van der Waals surface area contributed by atoms with E-state index in [-0.39, 0.29) is 0 Å². The van der Waals surface area contributed by atoms with Crippen LogP contribution in [0.4, 0.5) is 5.69 Å². The summed E-state index contributed by atoms with van der Waals surface area (Å²) in [4.78, 5) is 6.58. The number of nitrogens with two attached hydrogens (primary N) is 1. The van der Waals surface area contributed by atoms with Crippen LogP contribution in [0.15, 0.2) is 45.6 Å². The molecular formula is C13H13ClN2S2. The molecule has 1 aromatic heterocycles. The SMILES string of the molecule is CSc1ccc(N=C(N)c2cccs2)cc1CCl. The molecule has 0 aliphatic rings. The molecule has 0 saturated carbocycles. The van der Waals surface area contributed by atoms with Crippen LogP contribution in [0.1, 0.15) is 10.4 Å². The molecule has 0 saturated heterocycles. The maximum Gasteiger partial charge on any atom is 0.141 e. The molecule has 2 aromatic rings. The van der Waals surface area contributed by atoms with Crippen molar-refractivity contribution in [3.05, 3.63) is 46.2 Å². The summed E-state index contributed by atoms with van der Waals surface area (Å²) in [7, 11) is 0. The summed E-state index contributed by atoms with van der Waals surface area (Å²) in [6.07, 6.45) is 2.04. The van der Waals surface area contributed by atoms with Gasteiger partial charge >= 0.3 is 0 Å². The second-order valence-electron chi connectivity index (χ2n) is 3.60. The van der Waals surface area contributed by atoms with Crippen LogP contribution in [-0.4, -0.2) is 12.1 Å². The number of rotatable bonds is 4. The van der Waals surface area contributed by atoms with Crippen molar-refractivity contribution in [3.63, 3.8) is 0 Å². The van der Waals surface area contributed by atoms with E-state index in [4.69, 9.17) is 17.3 Å². The molecule has 1 heterocycles. The average Bonchev–Trinajstić information content (AvgIpc) is 2.92. The smallest absolute Gasteiger partial charge is 0.141 e. The van der Waals surface area contributed by atoms with Crippen LogP contribution in [-0.2, 0) is 5.88 Å². The Morgan fingerprint density at radius 3 is 2.89 bits per heavy atom. The van der Waals surface area contributed by atoms with Gasteiger partial charge in [-0.05, 0) is 41.5 Å². The van der Waals surface area contributed by atoms with E-state index in [2.05, 4.69) is 4.99 Å². The van der Waals surface area contributed by atoms with Gasteiger partial charge < -0.3 is 5.73 Å². The van der Waals surface area contributed by atoms with E-state index < -0.39 is 0 Å². The number of alkyl halides is 1. The Balaban J connectivity index is 2.32. The summed E-state index contributed by atoms with van der Waals surface area (Å²) >= 11 is 9.19. The summed E-state index contributed by atoms with van der Waals surface area (Å²) in [6, 6.07) is 9.90. The molecule has 0 fully saturated rings. The Bertz CT molecular complexity index is 550. The number of nitrogens with zero attached hydrogens (tertiary/aromatic N) is 1. The van der Waals surface area contributed by atoms with Crippen molar-refractivity contribution in [2.45, 2.75) is 10.8 Å². The Morgan fingerprint density at radius 1 is 1.44 bits per heavy atom. The number of aliphatic imine (C=N–C) groups is 1. The molecule has 0 amide bonds. The van der Waals surface area contributed by atoms with Crippen molar-refractivity contribution in [3.8, 4) is 0 Å². The van der Waals surface area contributed by atoms with Crippen LogP contribution in [0.3, 0.4) is 0 Å². The molecule has 2 rings (SSSR count). The lowest BCUT2D eigenvalue weighted by Crippen LogP contribution is -2.10. The van der Waals surface area contributed by atoms with Gasteiger partial charge in [0.2, 0.25) is 0 Å². The van der Waals surface area contributed by atoms with Crippen LogP contribution in [0.25, 0.3) is 0 Å². The lowest BCUT2D eigenvalue weighted by atomic mass is 10.2. The Hall–Kier alpha value is -0.970. The molecular weight excluding hydrogens is 284 g/mol. The largest absolute Gasteiger partial charge is 0.383 e. The minimum absolute atomic E-state index is 0.485. The first-order chi connectivity index (χ1) is 8.74. The second kappa shape index (κ2) is 6.27. The van der Waals surface area contributed by atoms with Gasteiger partial charge in [0.05, 0.1) is 10.6 Å². The van der Waals surface area contributed by atoms with Crippen LogP contribution in [0.2, 0.25) is 0 Å². The first kappa shape index (κ1) is 13.5. The average molecular weight is 297 g/mol. The molecule has 0 radical (unpaired) electrons. The zero-order valence-electron chi connectivity index (χ0n) is 9.89. The van der Waals surface area contributed by atoms with Crippen LogP contribution in [0, 0.1) is 0 Å². The van der Waals surface area contributed by atoms with Gasteiger partial charge in [-0.25, -0.2) is 4.99 Å². The predicted octanol–water partition coefficient (Wildman–Crippen LogP) is 4.25. The van der Waals surface area contributed by atoms with Gasteiger partial charge in [0.1, 0.15) is 5.84 Å². The van der Waals surface area contributed by atoms with Gasteiger partial charge in [-0.1, -0.05) is 6.07 Å². The standard InChI is InChI=1S/C13H13ClN2S2/c1-17-11-5-4-10(7-9(11)8-14)16-13(15)12-3-2-6-18-12/h2-7H,8H2,1H3,(H2,15,16). The number of thioether (sulfide) groups is 1. The van der Waals surface area contributed by atoms with E-state index in [1.54, 1.807) is 23.1 Å². The highest BCUT2D eigenvalue weighted by molar-refractivity contribution is 7.98. The van der Waals surface area contributed by atoms with Crippen molar-refractivity contribution >= 4 is 46.2 Å². The first-order valence-electron chi connectivity index (χ1n) is 5.35. The first-order valence-corrected chi connectivity index (χ1v) is 7.99. The van der Waals surface area contributed by atoms with Gasteiger partial charge in [-0.3, -0.25) is 0 Å². The fourth-order valence-corrected chi connectivity index (χ4v) is 3.08. The fourth-order valence-electron chi connectivity index (χ4n) is 1.56. The number of thiophene rings is 1. The molecule has 0 atom stereocenters. The predicted molar refractivity (Wildman–Crippen MR) is 82.5 cm³/mol. The molecule has 5 heteroatoms. The quantitative estimate of drug-likeness (QED) is 0.396. The third-order valence-corrected chi connectivity index (χ3v) is 4.45. The normalized spacial score (nSPS) is 11.8. The third-order valence-electron chi connectivity index (χ3n) is 2.43. The van der Waals surface area contributed by atoms with E-state index in [1.165, 1.54) is 4.90 Å². The number of hydrogen-bond acceptors (Lipinski definition) is 3. The lowest BCUT2D eigenvalue weighted by Gasteiger charge is -2.05. The second-order valence-corrected chi connectivity index (χ2v) is 5.67. The topological polar surface area (TPSA) is 38.4 Å². The van der Waals surface area contributed by atoms with Crippen LogP contribution in [0.5, 0.6) is 0 Å². The summed E-state index contributed by atoms with van der Waals surface area (Å²) in [5, 5.41) is 1.98. The molecule has 2 nitrogen and oxygen atoms in total. The monoisotopic (exact) mass is 296 g/mol. The molecule has 0 spiro atoms. The van der Waals surface area contributed by atoms with Crippen molar-refractivity contribution in [1.29, 1.82) is 0 Å². The Kier molecular flexibility index (Phi) is 4.69. The van der Waals surface area contributed by atoms with E-state index in [0.29, 0.717) is 11.7 Å². The van der Waals surface area contributed by atoms with Gasteiger partial charge in [0, 0.05) is 10.8 Å². The highest BCUT2D eigenvalue weighted by Crippen LogP contribution is 2.27. The molecule has 0 aliphatic carbocycles. The van der Waals surface area contributed by atoms with E-state index in [0.717, 1.165) is 16.1 Å². The van der Waals surface area contributed by atoms with Crippen LogP contribution >= 0.6 is 34.7 Å². The molecule has 1 aromatic carbocycles. The summed E-state index contributed by atoms with van der Waals surface area (Å²) in [6.45, 7) is 0. The Morgan fingerprint density at radius 2 is 2.28 bits per heavy atom. The van der Waals surface area contributed by atoms with Gasteiger partial charge in [-0.15, -0.1) is 34.7 Å². The minimum atomic E-state index is 0.485. The number of hydrogen-bond donors (Lipinski definition) is 1. The van der Waals surface area contributed by atoms with Gasteiger partial charge in [-0.2, -0.15) is 0 Å². The fraction of sp³-hybridized carbons (Fsp3) is 0.154. The zero-order chi connectivity index (χ0) is 13.0. The summed E-state index contributed by atoms with van der Waals surface area (Å²) in [5.74, 6) is 1.03. The number of amidine groups is 1. The number of halogens is 1. The minimum Gasteiger partial charge on any atom is -0.383 e. The number of benzene rings is 1. The highest BCUT2D eigenvalue weighted by Gasteiger charge is 2.03. The highest BCUT2D eigenvalue weighted by atomic mass is 35.5. The summed E-state index contributed by atoms with van der Waals surface area (Å²) in [5.41, 5.74) is 7.89. The Labute approximate surface area is 120 Å². The van der Waals surface area contributed by atoms with E-state index in [9.17, 15) is 0 Å². The summed E-state index contributed by atoms with van der Waals surface area (Å²) < 4.78 is 0. The third kappa shape index (κ3) is 3.07. The maximum absolute atomic E-state index is 5.96. The molecule has 0 aliphatic heterocycles. The maximum atomic E-state index is 5.96. The van der Waals surface area contributed by atoms with Crippen molar-refractivity contribution in [1.82, 2.24) is 0 Å². The molecule has 0 unspecified atom stereocenters. The van der Waals surface area contributed by atoms with Crippen molar-refractivity contribution in [2.24, 2.45) is 10.7 Å². The van der Waals surface area contributed by atoms with Gasteiger partial charge in [0.15, 0.2) is 0 Å². The molecule has 18 heavy (non-hydrogen) atoms. The van der Waals surface area contributed by atoms with Crippen molar-refractivity contribution < 1.29 is 0 Å². The van der Waals surface area contributed by atoms with E-state index in [1.807, 2.05) is 42.0 Å². The zero-order valence-corrected chi connectivity index (χ0v) is 12.3. The van der Waals surface area contributed by atoms with Crippen molar-refractivity contribution in [2.75, 3.05) is 6.26 Å².